The monoisotopic (exact) mass is 1010 g/mol. The van der Waals surface area contributed by atoms with Gasteiger partial charge in [-0.2, -0.15) is 0 Å². The van der Waals surface area contributed by atoms with Gasteiger partial charge in [-0.25, -0.2) is 9.59 Å². The van der Waals surface area contributed by atoms with E-state index >= 15 is 0 Å². The summed E-state index contributed by atoms with van der Waals surface area (Å²) >= 11 is 0. The number of fused-ring (bicyclic) bond motifs is 6. The van der Waals surface area contributed by atoms with E-state index in [1.165, 1.54) is 43.7 Å². The Morgan fingerprint density at radius 2 is 1.44 bits per heavy atom. The predicted octanol–water partition coefficient (Wildman–Crippen LogP) is 6.26. The minimum atomic E-state index is -3.79. The molecule has 0 saturated carbocycles. The van der Waals surface area contributed by atoms with Crippen LogP contribution in [-0.4, -0.2) is 89.8 Å². The molecule has 2 unspecified atom stereocenters. The van der Waals surface area contributed by atoms with Crippen LogP contribution in [0.25, 0.3) is 6.08 Å². The highest BCUT2D eigenvalue weighted by Gasteiger charge is 2.54. The van der Waals surface area contributed by atoms with Crippen molar-refractivity contribution in [2.45, 2.75) is 97.7 Å². The second-order valence-corrected chi connectivity index (χ2v) is 21.7. The van der Waals surface area contributed by atoms with Crippen LogP contribution in [0.4, 0.5) is 0 Å². The Balaban J connectivity index is 0.953. The minimum Gasteiger partial charge on any atom is -0.456 e. The summed E-state index contributed by atoms with van der Waals surface area (Å²) in [6, 6.07) is 14.2. The quantitative estimate of drug-likeness (QED) is 0.0299. The molecule has 3 aromatic carbocycles. The molecule has 1 spiro atoms. The fraction of sp³-hybridized carbons (Fsp3) is 0.431. The Hall–Kier alpha value is -6.70. The third-order valence-electron chi connectivity index (χ3n) is 12.0. The first-order chi connectivity index (χ1) is 33.9. The van der Waals surface area contributed by atoms with Crippen molar-refractivity contribution >= 4 is 43.4 Å². The van der Waals surface area contributed by atoms with Crippen LogP contribution in [0.15, 0.2) is 76.5 Å². The first-order valence-electron chi connectivity index (χ1n) is 23.4. The molecule has 4 heterocycles. The number of carbonyl (C=O) groups is 5. The first kappa shape index (κ1) is 53.1. The zero-order chi connectivity index (χ0) is 52.3. The SMILES string of the molecule is CO[C@@H]1C[C@H](n2cc(/C=C/C(=O)NCCCCCCNC(=O)c3ccc4c(c3)C3(OC4=O)c4ccc(OC(=O)C(C)(C)C)cc4Oc4cc(OC(=O)C(C)(C)C)ccc43)c(=O)[nH]c2=O)OC1COP(C)(=O)O. The molecule has 20 nitrogen and oxygen atoms in total. The van der Waals surface area contributed by atoms with Crippen molar-refractivity contribution in [1.82, 2.24) is 20.2 Å². The number of H-pyrrole nitrogens is 1. The number of methoxy groups -OCH3 is 1. The maximum atomic E-state index is 13.7. The standard InChI is InChI=1S/C51H59N4O16P/c1-49(2,3)46(60)67-31-15-18-34-37(24-31)69-38-25-32(68-47(61)50(4,5)6)16-19-35(38)51(34)36-23-29(13-17-33(36)45(59)71-51)43(57)53-22-12-10-9-11-21-52-41(56)20-14-30-27-55(48(62)54-44(30)58)42-26-39(65-7)40(70-42)28-66-72(8,63)64/h13-20,23-25,27,39-40,42H,9-12,21-22,26,28H2,1-8H3,(H,52,56)(H,53,57)(H,63,64)(H,54,58,62)/b20-14+/t39-,40?,42-/m1/s1. The van der Waals surface area contributed by atoms with Crippen LogP contribution in [0.2, 0.25) is 0 Å². The number of amides is 2. The number of hydrogen-bond donors (Lipinski definition) is 4. The maximum Gasteiger partial charge on any atom is 0.340 e. The number of ether oxygens (including phenoxy) is 6. The summed E-state index contributed by atoms with van der Waals surface area (Å²) in [5.74, 6) is -1.65. The molecule has 72 heavy (non-hydrogen) atoms. The van der Waals surface area contributed by atoms with Gasteiger partial charge in [0.15, 0.2) is 5.60 Å². The van der Waals surface area contributed by atoms with Crippen LogP contribution in [-0.2, 0) is 43.3 Å². The Kier molecular flexibility index (Phi) is 15.6. The number of aromatic nitrogens is 2. The van der Waals surface area contributed by atoms with Gasteiger partial charge in [0, 0.05) is 79.9 Å². The lowest BCUT2D eigenvalue weighted by Gasteiger charge is -2.37. The number of rotatable bonds is 17. The Labute approximate surface area is 414 Å². The van der Waals surface area contributed by atoms with Crippen LogP contribution in [0.3, 0.4) is 0 Å². The average molecular weight is 1020 g/mol. The molecule has 3 aliphatic heterocycles. The van der Waals surface area contributed by atoms with Crippen molar-refractivity contribution < 1.29 is 66.4 Å². The summed E-state index contributed by atoms with van der Waals surface area (Å²) in [6.07, 6.45) is 4.41. The topological polar surface area (TPSA) is 266 Å². The van der Waals surface area contributed by atoms with Crippen LogP contribution in [0.1, 0.15) is 123 Å². The highest BCUT2D eigenvalue weighted by atomic mass is 31.2. The molecule has 3 aliphatic rings. The second kappa shape index (κ2) is 21.2. The number of nitrogens with one attached hydrogen (secondary N) is 3. The summed E-state index contributed by atoms with van der Waals surface area (Å²) in [4.78, 5) is 103. The van der Waals surface area contributed by atoms with E-state index in [-0.39, 0.29) is 58.6 Å². The van der Waals surface area contributed by atoms with Gasteiger partial charge in [-0.15, -0.1) is 0 Å². The van der Waals surface area contributed by atoms with E-state index in [2.05, 4.69) is 15.6 Å². The first-order valence-corrected chi connectivity index (χ1v) is 25.4. The van der Waals surface area contributed by atoms with Gasteiger partial charge >= 0.3 is 31.2 Å². The fourth-order valence-electron chi connectivity index (χ4n) is 8.13. The van der Waals surface area contributed by atoms with E-state index in [1.807, 2.05) is 0 Å². The Morgan fingerprint density at radius 1 is 0.847 bits per heavy atom. The van der Waals surface area contributed by atoms with Crippen molar-refractivity contribution in [3.05, 3.63) is 121 Å². The van der Waals surface area contributed by atoms with E-state index in [9.17, 15) is 43.0 Å². The molecule has 1 fully saturated rings. The summed E-state index contributed by atoms with van der Waals surface area (Å²) < 4.78 is 53.1. The Morgan fingerprint density at radius 3 is 2.01 bits per heavy atom. The van der Waals surface area contributed by atoms with Crippen molar-refractivity contribution in [2.75, 3.05) is 33.5 Å². The van der Waals surface area contributed by atoms with Crippen LogP contribution >= 0.6 is 7.60 Å². The van der Waals surface area contributed by atoms with Gasteiger partial charge in [0.25, 0.3) is 11.5 Å². The molecule has 21 heteroatoms. The second-order valence-electron chi connectivity index (χ2n) is 19.8. The molecule has 4 aromatic rings. The third-order valence-corrected chi connectivity index (χ3v) is 12.7. The smallest absolute Gasteiger partial charge is 0.340 e. The molecule has 1 aromatic heterocycles. The molecule has 0 radical (unpaired) electrons. The van der Waals surface area contributed by atoms with Gasteiger partial charge in [0.1, 0.15) is 35.3 Å². The molecular formula is C51H59N4O16P. The van der Waals surface area contributed by atoms with Crippen LogP contribution < -0.4 is 36.1 Å². The summed E-state index contributed by atoms with van der Waals surface area (Å²) in [5, 5.41) is 5.71. The molecule has 4 N–H and O–H groups in total. The number of esters is 3. The molecular weight excluding hydrogens is 956 g/mol. The Bertz CT molecular complexity index is 2900. The number of aromatic amines is 1. The highest BCUT2D eigenvalue weighted by molar-refractivity contribution is 7.51. The lowest BCUT2D eigenvalue weighted by atomic mass is 9.77. The van der Waals surface area contributed by atoms with Crippen molar-refractivity contribution in [3.8, 4) is 23.0 Å². The largest absolute Gasteiger partial charge is 0.456 e. The average Bonchev–Trinajstić information content (AvgIpc) is 3.85. The van der Waals surface area contributed by atoms with Crippen molar-refractivity contribution in [3.63, 3.8) is 0 Å². The van der Waals surface area contributed by atoms with Crippen LogP contribution in [0.5, 0.6) is 23.0 Å². The van der Waals surface area contributed by atoms with Gasteiger partial charge in [-0.1, -0.05) is 12.8 Å². The van der Waals surface area contributed by atoms with E-state index in [1.54, 1.807) is 77.9 Å². The number of unbranched alkanes of at least 4 members (excludes halogenated alkanes) is 3. The highest BCUT2D eigenvalue weighted by Crippen LogP contribution is 2.57. The predicted molar refractivity (Wildman–Crippen MR) is 260 cm³/mol. The van der Waals surface area contributed by atoms with Gasteiger partial charge in [-0.3, -0.25) is 38.1 Å². The van der Waals surface area contributed by atoms with Crippen LogP contribution in [0, 0.1) is 10.8 Å². The van der Waals surface area contributed by atoms with Gasteiger partial charge < -0.3 is 48.5 Å². The molecule has 384 valence electrons. The molecule has 0 aliphatic carbocycles. The zero-order valence-electron chi connectivity index (χ0n) is 41.3. The molecule has 7 rings (SSSR count). The zero-order valence-corrected chi connectivity index (χ0v) is 42.2. The molecule has 2 amide bonds. The van der Waals surface area contributed by atoms with E-state index in [0.29, 0.717) is 42.6 Å². The summed E-state index contributed by atoms with van der Waals surface area (Å²) in [7, 11) is -2.36. The summed E-state index contributed by atoms with van der Waals surface area (Å²) in [5.41, 5.74) is -2.96. The van der Waals surface area contributed by atoms with Gasteiger partial charge in [-0.05, 0) is 103 Å². The van der Waals surface area contributed by atoms with Crippen molar-refractivity contribution in [2.24, 2.45) is 10.8 Å². The molecule has 0 bridgehead atoms. The lowest BCUT2D eigenvalue weighted by Crippen LogP contribution is -2.33. The van der Waals surface area contributed by atoms with Gasteiger partial charge in [0.2, 0.25) is 5.91 Å². The number of hydrogen-bond acceptors (Lipinski definition) is 15. The minimum absolute atomic E-state index is 0.0181. The summed E-state index contributed by atoms with van der Waals surface area (Å²) in [6.45, 7) is 11.8. The number of carbonyl (C=O) groups excluding carboxylic acids is 5. The third kappa shape index (κ3) is 12.0. The van der Waals surface area contributed by atoms with Gasteiger partial charge in [0.05, 0.1) is 34.7 Å². The maximum absolute atomic E-state index is 13.7. The van der Waals surface area contributed by atoms with Crippen molar-refractivity contribution in [1.29, 1.82) is 0 Å². The van der Waals surface area contributed by atoms with E-state index < -0.39 is 77.5 Å². The number of nitrogens with zero attached hydrogens (tertiary/aromatic N) is 1. The fourth-order valence-corrected chi connectivity index (χ4v) is 8.55. The molecule has 1 saturated heterocycles. The number of benzene rings is 3. The normalized spacial score (nSPS) is 18.6. The van der Waals surface area contributed by atoms with E-state index in [4.69, 9.17) is 32.9 Å². The molecule has 4 atom stereocenters. The lowest BCUT2D eigenvalue weighted by molar-refractivity contribution is -0.143. The van der Waals surface area contributed by atoms with E-state index in [0.717, 1.165) is 24.1 Å².